The zero-order valence-corrected chi connectivity index (χ0v) is 14.1. The minimum absolute atomic E-state index is 0.342. The Hall–Kier alpha value is -2.56. The molecule has 1 aliphatic heterocycles. The number of hydrogen-bond acceptors (Lipinski definition) is 5. The van der Waals surface area contributed by atoms with Crippen molar-refractivity contribution in [3.63, 3.8) is 0 Å². The van der Waals surface area contributed by atoms with E-state index in [1.165, 1.54) is 18.1 Å². The van der Waals surface area contributed by atoms with Gasteiger partial charge in [-0.05, 0) is 37.3 Å². The van der Waals surface area contributed by atoms with Crippen LogP contribution in [0.2, 0.25) is 0 Å². The van der Waals surface area contributed by atoms with Crippen molar-refractivity contribution < 1.29 is 23.5 Å². The molecule has 2 heterocycles. The molecule has 1 saturated heterocycles. The molecule has 0 amide bonds. The fourth-order valence-electron chi connectivity index (χ4n) is 3.95. The van der Waals surface area contributed by atoms with Crippen LogP contribution in [-0.2, 0) is 14.3 Å². The largest absolute Gasteiger partial charge is 0.472 e. The third kappa shape index (κ3) is 2.73. The van der Waals surface area contributed by atoms with E-state index < -0.39 is 30.1 Å². The van der Waals surface area contributed by atoms with Crippen LogP contribution in [0, 0.1) is 17.8 Å². The van der Waals surface area contributed by atoms with Gasteiger partial charge in [-0.1, -0.05) is 24.3 Å². The molecule has 3 aliphatic rings. The average molecular weight is 340 g/mol. The highest BCUT2D eigenvalue weighted by Crippen LogP contribution is 2.52. The first kappa shape index (κ1) is 15.9. The maximum absolute atomic E-state index is 12.4. The Balaban J connectivity index is 1.67. The summed E-state index contributed by atoms with van der Waals surface area (Å²) in [6.07, 6.45) is 5.32. The van der Waals surface area contributed by atoms with E-state index in [1.807, 2.05) is 6.08 Å². The Morgan fingerprint density at radius 3 is 2.84 bits per heavy atom. The third-order valence-corrected chi connectivity index (χ3v) is 5.47. The van der Waals surface area contributed by atoms with Crippen molar-refractivity contribution in [3.05, 3.63) is 60.1 Å². The van der Waals surface area contributed by atoms with E-state index >= 15 is 0 Å². The second-order valence-corrected chi connectivity index (χ2v) is 7.10. The zero-order valence-electron chi connectivity index (χ0n) is 14.1. The van der Waals surface area contributed by atoms with Gasteiger partial charge in [0, 0.05) is 12.0 Å². The number of ether oxygens (including phenoxy) is 2. The second kappa shape index (κ2) is 5.76. The van der Waals surface area contributed by atoms with Gasteiger partial charge >= 0.3 is 11.9 Å². The minimum atomic E-state index is -0.540. The van der Waals surface area contributed by atoms with Crippen LogP contribution in [0.25, 0.3) is 0 Å². The minimum Gasteiger partial charge on any atom is -0.472 e. The molecule has 0 spiro atoms. The van der Waals surface area contributed by atoms with Gasteiger partial charge in [0.25, 0.3) is 0 Å². The summed E-state index contributed by atoms with van der Waals surface area (Å²) in [5.41, 5.74) is 2.94. The zero-order chi connectivity index (χ0) is 17.7. The lowest BCUT2D eigenvalue weighted by Crippen LogP contribution is -2.33. The smallest absolute Gasteiger partial charge is 0.341 e. The number of carbonyl (C=O) groups excluding carboxylic acids is 2. The van der Waals surface area contributed by atoms with Crippen LogP contribution in [0.15, 0.2) is 59.0 Å². The molecular weight excluding hydrogens is 320 g/mol. The van der Waals surface area contributed by atoms with Gasteiger partial charge in [0.05, 0.1) is 17.7 Å². The third-order valence-electron chi connectivity index (χ3n) is 5.47. The van der Waals surface area contributed by atoms with Crippen LogP contribution in [0.5, 0.6) is 0 Å². The number of furan rings is 1. The number of carbonyl (C=O) groups is 2. The normalized spacial score (nSPS) is 36.1. The summed E-state index contributed by atoms with van der Waals surface area (Å²) in [6, 6.07) is 1.55. The van der Waals surface area contributed by atoms with Crippen LogP contribution >= 0.6 is 0 Å². The second-order valence-electron chi connectivity index (χ2n) is 7.10. The fourth-order valence-corrected chi connectivity index (χ4v) is 3.95. The highest BCUT2D eigenvalue weighted by molar-refractivity contribution is 5.92. The van der Waals surface area contributed by atoms with Crippen LogP contribution < -0.4 is 0 Å². The molecule has 1 aromatic rings. The van der Waals surface area contributed by atoms with E-state index in [-0.39, 0.29) is 0 Å². The first-order chi connectivity index (χ1) is 12.0. The lowest BCUT2D eigenvalue weighted by Gasteiger charge is -2.26. The number of rotatable bonds is 2. The molecule has 130 valence electrons. The first-order valence-corrected chi connectivity index (χ1v) is 8.44. The van der Waals surface area contributed by atoms with Gasteiger partial charge in [-0.15, -0.1) is 0 Å². The van der Waals surface area contributed by atoms with Gasteiger partial charge in [-0.2, -0.15) is 0 Å². The molecule has 0 unspecified atom stereocenters. The van der Waals surface area contributed by atoms with Gasteiger partial charge in [-0.25, -0.2) is 9.59 Å². The summed E-state index contributed by atoms with van der Waals surface area (Å²) >= 11 is 0. The molecule has 5 heteroatoms. The molecule has 25 heavy (non-hydrogen) atoms. The fraction of sp³-hybridized carbons (Fsp3) is 0.400. The lowest BCUT2D eigenvalue weighted by molar-refractivity contribution is -0.137. The van der Waals surface area contributed by atoms with E-state index in [9.17, 15) is 9.59 Å². The van der Waals surface area contributed by atoms with Gasteiger partial charge in [0.2, 0.25) is 0 Å². The monoisotopic (exact) mass is 340 g/mol. The van der Waals surface area contributed by atoms with Gasteiger partial charge < -0.3 is 13.9 Å². The van der Waals surface area contributed by atoms with Crippen molar-refractivity contribution >= 4 is 11.9 Å². The maximum Gasteiger partial charge on any atom is 0.341 e. The lowest BCUT2D eigenvalue weighted by atomic mass is 9.87. The topological polar surface area (TPSA) is 65.7 Å². The van der Waals surface area contributed by atoms with Crippen LogP contribution in [-0.4, -0.2) is 24.1 Å². The molecule has 0 bridgehead atoms. The summed E-state index contributed by atoms with van der Waals surface area (Å²) in [6.45, 7) is 10.1. The number of fused-ring (bicyclic) bond motifs is 2. The molecule has 2 fully saturated rings. The maximum atomic E-state index is 12.4. The average Bonchev–Trinajstić information content (AvgIpc) is 3.07. The van der Waals surface area contributed by atoms with Gasteiger partial charge in [0.1, 0.15) is 18.5 Å². The standard InChI is InChI=1S/C20H20O5/c1-10-6-16-18(12(3)19(21)24-16)17(7-11(2)15-8-14(10)15)25-20(22)13-4-5-23-9-13/h4-6,9,14-18H,2-3,7-8H2,1H3/b10-6-/t14-,15-,16+,17+,18-/m0/s1. The quantitative estimate of drug-likeness (QED) is 0.469. The summed E-state index contributed by atoms with van der Waals surface area (Å²) < 4.78 is 16.2. The number of allylic oxidation sites excluding steroid dienone is 1. The molecule has 4 rings (SSSR count). The van der Waals surface area contributed by atoms with E-state index in [0.29, 0.717) is 29.4 Å². The highest BCUT2D eigenvalue weighted by Gasteiger charge is 2.49. The van der Waals surface area contributed by atoms with E-state index in [0.717, 1.165) is 12.0 Å². The number of esters is 2. The SMILES string of the molecule is C=C1C(=O)O[C@@H]2/C=C(/C)[C@@H]3C[C@H]3C(=C)C[C@@H](OC(=O)c3ccoc3)[C@@H]12. The Labute approximate surface area is 146 Å². The van der Waals surface area contributed by atoms with Crippen LogP contribution in [0.3, 0.4) is 0 Å². The van der Waals surface area contributed by atoms with E-state index in [1.54, 1.807) is 6.07 Å². The van der Waals surface area contributed by atoms with Crippen molar-refractivity contribution in [3.8, 4) is 0 Å². The predicted octanol–water partition coefficient (Wildman–Crippen LogP) is 3.45. The van der Waals surface area contributed by atoms with Crippen LogP contribution in [0.4, 0.5) is 0 Å². The molecule has 1 aromatic heterocycles. The molecule has 0 N–H and O–H groups in total. The molecule has 0 radical (unpaired) electrons. The molecule has 1 saturated carbocycles. The van der Waals surface area contributed by atoms with E-state index in [4.69, 9.17) is 13.9 Å². The predicted molar refractivity (Wildman–Crippen MR) is 89.5 cm³/mol. The number of hydrogen-bond donors (Lipinski definition) is 0. The molecular formula is C20H20O5. The summed E-state index contributed by atoms with van der Waals surface area (Å²) in [4.78, 5) is 24.5. The van der Waals surface area contributed by atoms with Gasteiger partial charge in [0.15, 0.2) is 0 Å². The summed E-state index contributed by atoms with van der Waals surface area (Å²) in [7, 11) is 0. The Kier molecular flexibility index (Phi) is 3.67. The summed E-state index contributed by atoms with van der Waals surface area (Å²) in [5, 5.41) is 0. The Morgan fingerprint density at radius 2 is 2.12 bits per heavy atom. The molecule has 2 aliphatic carbocycles. The van der Waals surface area contributed by atoms with Crippen molar-refractivity contribution in [2.24, 2.45) is 17.8 Å². The highest BCUT2D eigenvalue weighted by atomic mass is 16.6. The summed E-state index contributed by atoms with van der Waals surface area (Å²) in [5.74, 6) is -0.447. The van der Waals surface area contributed by atoms with Crippen molar-refractivity contribution in [2.45, 2.75) is 32.0 Å². The molecule has 5 nitrogen and oxygen atoms in total. The molecule has 5 atom stereocenters. The Morgan fingerprint density at radius 1 is 1.32 bits per heavy atom. The Bertz CT molecular complexity index is 785. The van der Waals surface area contributed by atoms with Crippen LogP contribution in [0.1, 0.15) is 30.1 Å². The molecule has 0 aromatic carbocycles. The van der Waals surface area contributed by atoms with Crippen molar-refractivity contribution in [1.29, 1.82) is 0 Å². The van der Waals surface area contributed by atoms with E-state index in [2.05, 4.69) is 20.1 Å². The van der Waals surface area contributed by atoms with Crippen molar-refractivity contribution in [1.82, 2.24) is 0 Å². The van der Waals surface area contributed by atoms with Crippen molar-refractivity contribution in [2.75, 3.05) is 0 Å². The first-order valence-electron chi connectivity index (χ1n) is 8.44. The van der Waals surface area contributed by atoms with Gasteiger partial charge in [-0.3, -0.25) is 0 Å².